The summed E-state index contributed by atoms with van der Waals surface area (Å²) in [6.07, 6.45) is 2.47. The normalized spacial score (nSPS) is 15.5. The van der Waals surface area contributed by atoms with E-state index in [-0.39, 0.29) is 6.10 Å². The van der Waals surface area contributed by atoms with Crippen LogP contribution in [0.15, 0.2) is 30.3 Å². The molecule has 0 fully saturated rings. The first-order chi connectivity index (χ1) is 7.25. The van der Waals surface area contributed by atoms with Crippen LogP contribution < -0.4 is 10.1 Å². The molecule has 1 aromatic carbocycles. The second kappa shape index (κ2) is 4.49. The summed E-state index contributed by atoms with van der Waals surface area (Å²) in [7, 11) is 0. The Balaban J connectivity index is 2.10. The molecule has 2 nitrogen and oxygen atoms in total. The van der Waals surface area contributed by atoms with Gasteiger partial charge in [0.05, 0.1) is 6.10 Å². The van der Waals surface area contributed by atoms with Gasteiger partial charge in [-0.2, -0.15) is 0 Å². The molecule has 0 unspecified atom stereocenters. The minimum atomic E-state index is 0.239. The third-order valence-corrected chi connectivity index (χ3v) is 2.41. The van der Waals surface area contributed by atoms with Gasteiger partial charge in [-0.05, 0) is 37.1 Å². The van der Waals surface area contributed by atoms with Crippen LogP contribution >= 0.6 is 0 Å². The van der Waals surface area contributed by atoms with E-state index in [0.29, 0.717) is 0 Å². The van der Waals surface area contributed by atoms with Crippen molar-refractivity contribution >= 4 is 5.57 Å². The predicted molar refractivity (Wildman–Crippen MR) is 63.1 cm³/mol. The van der Waals surface area contributed by atoms with E-state index in [0.717, 1.165) is 18.8 Å². The highest BCUT2D eigenvalue weighted by atomic mass is 16.5. The highest BCUT2D eigenvalue weighted by Gasteiger charge is 2.06. The van der Waals surface area contributed by atoms with Crippen LogP contribution in [0.5, 0.6) is 5.75 Å². The largest absolute Gasteiger partial charge is 0.491 e. The highest BCUT2D eigenvalue weighted by molar-refractivity contribution is 5.69. The lowest BCUT2D eigenvalue weighted by molar-refractivity contribution is 0.242. The Morgan fingerprint density at radius 1 is 1.20 bits per heavy atom. The molecular formula is C13H17NO. The summed E-state index contributed by atoms with van der Waals surface area (Å²) in [6, 6.07) is 8.32. The second-order valence-corrected chi connectivity index (χ2v) is 4.05. The molecular weight excluding hydrogens is 186 g/mol. The molecule has 1 aromatic rings. The summed E-state index contributed by atoms with van der Waals surface area (Å²) in [4.78, 5) is 0. The zero-order valence-electron chi connectivity index (χ0n) is 9.29. The molecule has 80 valence electrons. The van der Waals surface area contributed by atoms with Crippen LogP contribution in [0.25, 0.3) is 5.57 Å². The maximum absolute atomic E-state index is 5.60. The summed E-state index contributed by atoms with van der Waals surface area (Å²) in [5.41, 5.74) is 2.67. The average Bonchev–Trinajstić information content (AvgIpc) is 2.71. The van der Waals surface area contributed by atoms with Crippen molar-refractivity contribution in [2.45, 2.75) is 20.0 Å². The fourth-order valence-electron chi connectivity index (χ4n) is 1.71. The van der Waals surface area contributed by atoms with E-state index < -0.39 is 0 Å². The van der Waals surface area contributed by atoms with Crippen molar-refractivity contribution in [3.8, 4) is 5.75 Å². The Hall–Kier alpha value is -1.28. The smallest absolute Gasteiger partial charge is 0.119 e. The molecule has 2 heteroatoms. The SMILES string of the molecule is CC(C)Oc1ccc(C2=CCNC2)cc1. The number of hydrogen-bond donors (Lipinski definition) is 1. The quantitative estimate of drug-likeness (QED) is 0.814. The van der Waals surface area contributed by atoms with E-state index >= 15 is 0 Å². The number of rotatable bonds is 3. The fraction of sp³-hybridized carbons (Fsp3) is 0.385. The molecule has 1 heterocycles. The van der Waals surface area contributed by atoms with E-state index in [9.17, 15) is 0 Å². The lowest BCUT2D eigenvalue weighted by atomic mass is 10.1. The first-order valence-electron chi connectivity index (χ1n) is 5.42. The van der Waals surface area contributed by atoms with Gasteiger partial charge in [0.1, 0.15) is 5.75 Å². The second-order valence-electron chi connectivity index (χ2n) is 4.05. The monoisotopic (exact) mass is 203 g/mol. The molecule has 0 amide bonds. The van der Waals surface area contributed by atoms with Crippen molar-refractivity contribution in [1.29, 1.82) is 0 Å². The number of ether oxygens (including phenoxy) is 1. The van der Waals surface area contributed by atoms with Gasteiger partial charge in [0.25, 0.3) is 0 Å². The van der Waals surface area contributed by atoms with E-state index in [4.69, 9.17) is 4.74 Å². The first-order valence-corrected chi connectivity index (χ1v) is 5.42. The average molecular weight is 203 g/mol. The van der Waals surface area contributed by atoms with Crippen LogP contribution in [0, 0.1) is 0 Å². The first kappa shape index (κ1) is 10.2. The van der Waals surface area contributed by atoms with Gasteiger partial charge < -0.3 is 10.1 Å². The van der Waals surface area contributed by atoms with Crippen LogP contribution in [0.2, 0.25) is 0 Å². The molecule has 0 bridgehead atoms. The Labute approximate surface area is 91.0 Å². The van der Waals surface area contributed by atoms with Crippen molar-refractivity contribution in [2.75, 3.05) is 13.1 Å². The molecule has 0 radical (unpaired) electrons. The van der Waals surface area contributed by atoms with Crippen molar-refractivity contribution in [2.24, 2.45) is 0 Å². The summed E-state index contributed by atoms with van der Waals surface area (Å²) in [6.45, 7) is 6.04. The summed E-state index contributed by atoms with van der Waals surface area (Å²) in [5, 5.41) is 3.29. The summed E-state index contributed by atoms with van der Waals surface area (Å²) >= 11 is 0. The maximum Gasteiger partial charge on any atom is 0.119 e. The van der Waals surface area contributed by atoms with Gasteiger partial charge in [0.15, 0.2) is 0 Å². The van der Waals surface area contributed by atoms with E-state index in [1.165, 1.54) is 11.1 Å². The number of benzene rings is 1. The maximum atomic E-state index is 5.60. The number of hydrogen-bond acceptors (Lipinski definition) is 2. The molecule has 0 spiro atoms. The van der Waals surface area contributed by atoms with Crippen LogP contribution in [0.3, 0.4) is 0 Å². The van der Waals surface area contributed by atoms with Gasteiger partial charge in [0.2, 0.25) is 0 Å². The molecule has 0 saturated heterocycles. The molecule has 0 saturated carbocycles. The predicted octanol–water partition coefficient (Wildman–Crippen LogP) is 2.46. The molecule has 1 aliphatic rings. The van der Waals surface area contributed by atoms with Crippen molar-refractivity contribution in [3.63, 3.8) is 0 Å². The standard InChI is InChI=1S/C13H17NO/c1-10(2)15-13-5-3-11(4-6-13)12-7-8-14-9-12/h3-7,10,14H,8-9H2,1-2H3. The third kappa shape index (κ3) is 2.60. The number of nitrogens with one attached hydrogen (secondary N) is 1. The Kier molecular flexibility index (Phi) is 3.07. The highest BCUT2D eigenvalue weighted by Crippen LogP contribution is 2.20. The van der Waals surface area contributed by atoms with E-state index in [2.05, 4.69) is 23.5 Å². The lowest BCUT2D eigenvalue weighted by Crippen LogP contribution is -2.07. The van der Waals surface area contributed by atoms with Gasteiger partial charge in [0, 0.05) is 13.1 Å². The molecule has 0 aliphatic carbocycles. The third-order valence-electron chi connectivity index (χ3n) is 2.41. The van der Waals surface area contributed by atoms with E-state index in [1.54, 1.807) is 0 Å². The molecule has 0 aromatic heterocycles. The van der Waals surface area contributed by atoms with Crippen molar-refractivity contribution in [1.82, 2.24) is 5.32 Å². The van der Waals surface area contributed by atoms with Gasteiger partial charge in [-0.25, -0.2) is 0 Å². The molecule has 2 rings (SSSR count). The Morgan fingerprint density at radius 2 is 1.93 bits per heavy atom. The summed E-state index contributed by atoms with van der Waals surface area (Å²) in [5.74, 6) is 0.945. The van der Waals surface area contributed by atoms with E-state index in [1.807, 2.05) is 26.0 Å². The van der Waals surface area contributed by atoms with Crippen molar-refractivity contribution < 1.29 is 4.74 Å². The van der Waals surface area contributed by atoms with Gasteiger partial charge >= 0.3 is 0 Å². The topological polar surface area (TPSA) is 21.3 Å². The molecule has 0 atom stereocenters. The Bertz CT molecular complexity index is 351. The van der Waals surface area contributed by atoms with Crippen molar-refractivity contribution in [3.05, 3.63) is 35.9 Å². The van der Waals surface area contributed by atoms with Crippen LogP contribution in [0.1, 0.15) is 19.4 Å². The minimum absolute atomic E-state index is 0.239. The Morgan fingerprint density at radius 3 is 2.47 bits per heavy atom. The lowest BCUT2D eigenvalue weighted by Gasteiger charge is -2.10. The molecule has 15 heavy (non-hydrogen) atoms. The summed E-state index contributed by atoms with van der Waals surface area (Å²) < 4.78 is 5.60. The van der Waals surface area contributed by atoms with Crippen LogP contribution in [-0.4, -0.2) is 19.2 Å². The van der Waals surface area contributed by atoms with Crippen LogP contribution in [0.4, 0.5) is 0 Å². The minimum Gasteiger partial charge on any atom is -0.491 e. The fourth-order valence-corrected chi connectivity index (χ4v) is 1.71. The zero-order valence-corrected chi connectivity index (χ0v) is 9.29. The van der Waals surface area contributed by atoms with Crippen LogP contribution in [-0.2, 0) is 0 Å². The van der Waals surface area contributed by atoms with Gasteiger partial charge in [-0.3, -0.25) is 0 Å². The molecule has 1 N–H and O–H groups in total. The van der Waals surface area contributed by atoms with Gasteiger partial charge in [-0.1, -0.05) is 18.2 Å². The van der Waals surface area contributed by atoms with Gasteiger partial charge in [-0.15, -0.1) is 0 Å². The zero-order chi connectivity index (χ0) is 10.7. The molecule has 1 aliphatic heterocycles.